The van der Waals surface area contributed by atoms with Crippen LogP contribution in [0, 0.1) is 0 Å². The molecule has 0 saturated heterocycles. The highest BCUT2D eigenvalue weighted by atomic mass is 16.5. The second-order valence-electron chi connectivity index (χ2n) is 2.94. The molecule has 1 heterocycles. The van der Waals surface area contributed by atoms with Gasteiger partial charge in [-0.15, -0.1) is 5.10 Å². The molecule has 0 saturated carbocycles. The van der Waals surface area contributed by atoms with E-state index in [0.717, 1.165) is 0 Å². The van der Waals surface area contributed by atoms with Crippen molar-refractivity contribution in [3.05, 3.63) is 11.6 Å². The van der Waals surface area contributed by atoms with E-state index in [-0.39, 0.29) is 5.82 Å². The van der Waals surface area contributed by atoms with Crippen molar-refractivity contribution < 1.29 is 14.3 Å². The second-order valence-corrected chi connectivity index (χ2v) is 2.94. The minimum Gasteiger partial charge on any atom is -0.460 e. The summed E-state index contributed by atoms with van der Waals surface area (Å²) in [6.07, 6.45) is 0.624. The summed E-state index contributed by atoms with van der Waals surface area (Å²) in [7, 11) is 3.35. The number of aromatic nitrogens is 3. The van der Waals surface area contributed by atoms with Crippen LogP contribution in [0.25, 0.3) is 0 Å². The fourth-order valence-corrected chi connectivity index (χ4v) is 1.11. The van der Waals surface area contributed by atoms with Crippen molar-refractivity contribution in [2.75, 3.05) is 20.3 Å². The van der Waals surface area contributed by atoms with Gasteiger partial charge in [0.05, 0.1) is 13.2 Å². The number of methoxy groups -OCH3 is 1. The number of hydrogen-bond acceptors (Lipinski definition) is 5. The topological polar surface area (TPSA) is 66.2 Å². The van der Waals surface area contributed by atoms with Gasteiger partial charge in [0.1, 0.15) is 5.82 Å². The Bertz CT molecular complexity index is 335. The van der Waals surface area contributed by atoms with Crippen LogP contribution in [0.2, 0.25) is 0 Å². The maximum Gasteiger partial charge on any atom is 0.378 e. The number of nitrogens with zero attached hydrogens (tertiary/aromatic N) is 3. The van der Waals surface area contributed by atoms with Gasteiger partial charge in [-0.05, 0) is 6.92 Å². The van der Waals surface area contributed by atoms with Crippen LogP contribution in [0.4, 0.5) is 0 Å². The summed E-state index contributed by atoms with van der Waals surface area (Å²) in [6, 6.07) is 0. The van der Waals surface area contributed by atoms with Crippen LogP contribution in [0.5, 0.6) is 0 Å². The minimum atomic E-state index is -0.489. The quantitative estimate of drug-likeness (QED) is 0.653. The first kappa shape index (κ1) is 11.6. The highest BCUT2D eigenvalue weighted by Crippen LogP contribution is 2.00. The number of rotatable bonds is 5. The Morgan fingerprint density at radius 2 is 2.27 bits per heavy atom. The predicted octanol–water partition coefficient (Wildman–Crippen LogP) is 0.181. The molecule has 0 unspecified atom stereocenters. The van der Waals surface area contributed by atoms with Crippen molar-refractivity contribution in [2.45, 2.75) is 13.3 Å². The maximum absolute atomic E-state index is 11.3. The molecule has 0 aromatic carbocycles. The Kier molecular flexibility index (Phi) is 4.23. The zero-order valence-corrected chi connectivity index (χ0v) is 9.19. The fourth-order valence-electron chi connectivity index (χ4n) is 1.11. The van der Waals surface area contributed by atoms with Crippen molar-refractivity contribution in [3.8, 4) is 0 Å². The Labute approximate surface area is 88.2 Å². The van der Waals surface area contributed by atoms with Crippen LogP contribution in [-0.4, -0.2) is 41.1 Å². The summed E-state index contributed by atoms with van der Waals surface area (Å²) in [6.45, 7) is 2.62. The van der Waals surface area contributed by atoms with Gasteiger partial charge in [-0.25, -0.2) is 9.78 Å². The van der Waals surface area contributed by atoms with Crippen molar-refractivity contribution in [1.29, 1.82) is 0 Å². The average Bonchev–Trinajstić information content (AvgIpc) is 2.57. The molecule has 0 fully saturated rings. The molecule has 84 valence electrons. The molecule has 0 radical (unpaired) electrons. The van der Waals surface area contributed by atoms with E-state index in [1.54, 1.807) is 25.8 Å². The number of carbonyl (C=O) groups is 1. The van der Waals surface area contributed by atoms with E-state index in [4.69, 9.17) is 9.47 Å². The lowest BCUT2D eigenvalue weighted by molar-refractivity contribution is 0.0511. The molecule has 6 heteroatoms. The average molecular weight is 213 g/mol. The Morgan fingerprint density at radius 3 is 2.87 bits per heavy atom. The van der Waals surface area contributed by atoms with E-state index < -0.39 is 5.97 Å². The molecule has 0 amide bonds. The van der Waals surface area contributed by atoms with Gasteiger partial charge >= 0.3 is 5.97 Å². The molecular formula is C9H15N3O3. The van der Waals surface area contributed by atoms with Crippen LogP contribution in [0.1, 0.15) is 23.4 Å². The van der Waals surface area contributed by atoms with Crippen LogP contribution in [-0.2, 0) is 22.9 Å². The smallest absolute Gasteiger partial charge is 0.378 e. The zero-order chi connectivity index (χ0) is 11.3. The summed E-state index contributed by atoms with van der Waals surface area (Å²) in [4.78, 5) is 15.4. The maximum atomic E-state index is 11.3. The van der Waals surface area contributed by atoms with Gasteiger partial charge in [-0.2, -0.15) is 0 Å². The van der Waals surface area contributed by atoms with E-state index in [2.05, 4.69) is 10.1 Å². The Hall–Kier alpha value is -1.43. The van der Waals surface area contributed by atoms with E-state index >= 15 is 0 Å². The summed E-state index contributed by atoms with van der Waals surface area (Å²) >= 11 is 0. The van der Waals surface area contributed by atoms with Crippen LogP contribution < -0.4 is 0 Å². The number of hydrogen-bond donors (Lipinski definition) is 0. The van der Waals surface area contributed by atoms with Gasteiger partial charge in [0.25, 0.3) is 5.82 Å². The first-order valence-corrected chi connectivity index (χ1v) is 4.75. The lowest BCUT2D eigenvalue weighted by atomic mass is 10.4. The van der Waals surface area contributed by atoms with Crippen LogP contribution >= 0.6 is 0 Å². The Balaban J connectivity index is 2.71. The summed E-state index contributed by atoms with van der Waals surface area (Å²) in [5.74, 6) is 0.321. The number of aryl methyl sites for hydroxylation is 1. The van der Waals surface area contributed by atoms with Crippen molar-refractivity contribution in [3.63, 3.8) is 0 Å². The monoisotopic (exact) mass is 213 g/mol. The van der Waals surface area contributed by atoms with Crippen molar-refractivity contribution in [1.82, 2.24) is 14.8 Å². The van der Waals surface area contributed by atoms with Crippen LogP contribution in [0.15, 0.2) is 0 Å². The number of carbonyl (C=O) groups excluding carboxylic acids is 1. The van der Waals surface area contributed by atoms with Gasteiger partial charge in [0.15, 0.2) is 0 Å². The molecule has 1 aromatic rings. The molecule has 6 nitrogen and oxygen atoms in total. The van der Waals surface area contributed by atoms with E-state index in [1.165, 1.54) is 0 Å². The SMILES string of the molecule is CCOC(=O)c1nc(CCOC)n(C)n1. The molecule has 0 bridgehead atoms. The predicted molar refractivity (Wildman–Crippen MR) is 52.5 cm³/mol. The highest BCUT2D eigenvalue weighted by Gasteiger charge is 2.15. The standard InChI is InChI=1S/C9H15N3O3/c1-4-15-9(13)8-10-7(5-6-14-3)12(2)11-8/h4-6H2,1-3H3. The lowest BCUT2D eigenvalue weighted by Crippen LogP contribution is -2.07. The third-order valence-corrected chi connectivity index (χ3v) is 1.84. The third-order valence-electron chi connectivity index (χ3n) is 1.84. The van der Waals surface area contributed by atoms with Crippen LogP contribution in [0.3, 0.4) is 0 Å². The molecule has 0 spiro atoms. The third kappa shape index (κ3) is 3.02. The summed E-state index contributed by atoms with van der Waals surface area (Å²) < 4.78 is 11.3. The summed E-state index contributed by atoms with van der Waals surface area (Å²) in [5.41, 5.74) is 0. The molecular weight excluding hydrogens is 198 g/mol. The van der Waals surface area contributed by atoms with E-state index in [0.29, 0.717) is 25.5 Å². The van der Waals surface area contributed by atoms with Gasteiger partial charge in [-0.3, -0.25) is 4.68 Å². The van der Waals surface area contributed by atoms with Crippen molar-refractivity contribution in [2.24, 2.45) is 7.05 Å². The van der Waals surface area contributed by atoms with Gasteiger partial charge < -0.3 is 9.47 Å². The lowest BCUT2D eigenvalue weighted by Gasteiger charge is -1.96. The molecule has 0 aliphatic rings. The molecule has 0 aliphatic heterocycles. The highest BCUT2D eigenvalue weighted by molar-refractivity contribution is 5.84. The zero-order valence-electron chi connectivity index (χ0n) is 9.19. The van der Waals surface area contributed by atoms with E-state index in [9.17, 15) is 4.79 Å². The first-order valence-electron chi connectivity index (χ1n) is 4.75. The Morgan fingerprint density at radius 1 is 1.53 bits per heavy atom. The van der Waals surface area contributed by atoms with Gasteiger partial charge in [0, 0.05) is 20.6 Å². The van der Waals surface area contributed by atoms with Gasteiger partial charge in [0.2, 0.25) is 0 Å². The van der Waals surface area contributed by atoms with Crippen molar-refractivity contribution >= 4 is 5.97 Å². The number of esters is 1. The molecule has 15 heavy (non-hydrogen) atoms. The normalized spacial score (nSPS) is 10.3. The first-order chi connectivity index (χ1) is 7.19. The number of ether oxygens (including phenoxy) is 2. The van der Waals surface area contributed by atoms with E-state index in [1.807, 2.05) is 0 Å². The molecule has 0 aliphatic carbocycles. The summed E-state index contributed by atoms with van der Waals surface area (Å²) in [5, 5.41) is 3.96. The largest absolute Gasteiger partial charge is 0.460 e. The molecule has 0 N–H and O–H groups in total. The minimum absolute atomic E-state index is 0.102. The molecule has 1 aromatic heterocycles. The second kappa shape index (κ2) is 5.45. The molecule has 0 atom stereocenters. The fraction of sp³-hybridized carbons (Fsp3) is 0.667. The molecule has 1 rings (SSSR count). The van der Waals surface area contributed by atoms with Gasteiger partial charge in [-0.1, -0.05) is 0 Å².